The SMILES string of the molecule is O=[N+]([O-])c1ccc(OCCCCNCCSS(=O)(=O)O)cc1. The Morgan fingerprint density at radius 1 is 1.23 bits per heavy atom. The molecule has 0 fully saturated rings. The number of unbranched alkanes of at least 4 members (excludes halogenated alkanes) is 1. The second kappa shape index (κ2) is 9.62. The summed E-state index contributed by atoms with van der Waals surface area (Å²) in [6.07, 6.45) is 1.65. The maximum atomic E-state index is 10.5. The number of nitrogens with zero attached hydrogens (tertiary/aromatic N) is 1. The predicted molar refractivity (Wildman–Crippen MR) is 84.7 cm³/mol. The van der Waals surface area contributed by atoms with E-state index in [4.69, 9.17) is 9.29 Å². The van der Waals surface area contributed by atoms with Crippen LogP contribution >= 0.6 is 10.8 Å². The molecule has 0 unspecified atom stereocenters. The molecule has 0 aliphatic heterocycles. The van der Waals surface area contributed by atoms with Crippen LogP contribution in [-0.4, -0.2) is 43.3 Å². The lowest BCUT2D eigenvalue weighted by molar-refractivity contribution is -0.384. The molecule has 0 saturated carbocycles. The Morgan fingerprint density at radius 2 is 1.91 bits per heavy atom. The van der Waals surface area contributed by atoms with Crippen LogP contribution in [0.4, 0.5) is 5.69 Å². The highest BCUT2D eigenvalue weighted by atomic mass is 33.1. The van der Waals surface area contributed by atoms with Crippen molar-refractivity contribution < 1.29 is 22.6 Å². The Kier molecular flexibility index (Phi) is 8.17. The first-order valence-corrected chi connectivity index (χ1v) is 9.52. The van der Waals surface area contributed by atoms with E-state index in [2.05, 4.69) is 5.32 Å². The second-order valence-electron chi connectivity index (χ2n) is 4.31. The Hall–Kier alpha value is -1.36. The highest BCUT2D eigenvalue weighted by Crippen LogP contribution is 2.17. The van der Waals surface area contributed by atoms with E-state index in [1.165, 1.54) is 12.1 Å². The number of nitro groups is 1. The van der Waals surface area contributed by atoms with Gasteiger partial charge in [-0.2, -0.15) is 8.42 Å². The molecule has 0 amide bonds. The van der Waals surface area contributed by atoms with Crippen molar-refractivity contribution in [2.24, 2.45) is 0 Å². The van der Waals surface area contributed by atoms with E-state index >= 15 is 0 Å². The third-order valence-corrected chi connectivity index (χ3v) is 4.64. The van der Waals surface area contributed by atoms with Gasteiger partial charge in [0, 0.05) is 24.4 Å². The molecule has 2 N–H and O–H groups in total. The van der Waals surface area contributed by atoms with Crippen LogP contribution in [-0.2, 0) is 9.15 Å². The maximum Gasteiger partial charge on any atom is 0.319 e. The van der Waals surface area contributed by atoms with Crippen LogP contribution in [0.5, 0.6) is 5.75 Å². The van der Waals surface area contributed by atoms with Crippen molar-refractivity contribution in [3.05, 3.63) is 34.4 Å². The number of nitro benzene ring substituents is 1. The molecule has 22 heavy (non-hydrogen) atoms. The second-order valence-corrected chi connectivity index (χ2v) is 7.78. The summed E-state index contributed by atoms with van der Waals surface area (Å²) in [5, 5.41) is 13.5. The summed E-state index contributed by atoms with van der Waals surface area (Å²) in [4.78, 5) is 10.0. The minimum Gasteiger partial charge on any atom is -0.494 e. The number of non-ortho nitro benzene ring substituents is 1. The normalized spacial score (nSPS) is 11.3. The van der Waals surface area contributed by atoms with Gasteiger partial charge in [-0.15, -0.1) is 0 Å². The van der Waals surface area contributed by atoms with Gasteiger partial charge in [0.2, 0.25) is 0 Å². The van der Waals surface area contributed by atoms with E-state index in [1.54, 1.807) is 12.1 Å². The lowest BCUT2D eigenvalue weighted by Crippen LogP contribution is -2.19. The summed E-state index contributed by atoms with van der Waals surface area (Å²) in [5.74, 6) is 0.876. The molecular weight excluding hydrogens is 332 g/mol. The van der Waals surface area contributed by atoms with Crippen molar-refractivity contribution >= 4 is 25.6 Å². The van der Waals surface area contributed by atoms with E-state index in [9.17, 15) is 18.5 Å². The highest BCUT2D eigenvalue weighted by Gasteiger charge is 2.04. The third kappa shape index (κ3) is 8.82. The number of hydrogen-bond acceptors (Lipinski definition) is 7. The number of nitrogens with one attached hydrogen (secondary N) is 1. The number of benzene rings is 1. The lowest BCUT2D eigenvalue weighted by atomic mass is 10.3. The van der Waals surface area contributed by atoms with Crippen LogP contribution in [0, 0.1) is 10.1 Å². The molecular formula is C12H18N2O6S2. The molecule has 0 atom stereocenters. The van der Waals surface area contributed by atoms with E-state index in [0.717, 1.165) is 19.4 Å². The summed E-state index contributed by atoms with van der Waals surface area (Å²) in [5.41, 5.74) is 0.0271. The fourth-order valence-electron chi connectivity index (χ4n) is 1.55. The third-order valence-electron chi connectivity index (χ3n) is 2.58. The van der Waals surface area contributed by atoms with Gasteiger partial charge in [-0.1, -0.05) is 0 Å². The average Bonchev–Trinajstić information content (AvgIpc) is 2.45. The molecule has 0 bridgehead atoms. The monoisotopic (exact) mass is 350 g/mol. The first-order chi connectivity index (χ1) is 10.4. The molecule has 1 aromatic carbocycles. The molecule has 0 aliphatic carbocycles. The zero-order valence-corrected chi connectivity index (χ0v) is 13.4. The minimum absolute atomic E-state index is 0.0271. The lowest BCUT2D eigenvalue weighted by Gasteiger charge is -2.06. The van der Waals surface area contributed by atoms with E-state index in [0.29, 0.717) is 29.7 Å². The van der Waals surface area contributed by atoms with Gasteiger partial charge in [-0.05, 0) is 42.3 Å². The first-order valence-electron chi connectivity index (χ1n) is 6.58. The molecule has 10 heteroatoms. The van der Waals surface area contributed by atoms with Crippen molar-refractivity contribution in [2.75, 3.05) is 25.4 Å². The van der Waals surface area contributed by atoms with Crippen LogP contribution in [0.15, 0.2) is 24.3 Å². The van der Waals surface area contributed by atoms with Crippen molar-refractivity contribution in [1.29, 1.82) is 0 Å². The molecule has 1 aromatic rings. The molecule has 1 rings (SSSR count). The zero-order chi connectivity index (χ0) is 16.4. The Bertz CT molecular complexity index is 561. The Morgan fingerprint density at radius 3 is 2.50 bits per heavy atom. The van der Waals surface area contributed by atoms with Gasteiger partial charge in [0.15, 0.2) is 0 Å². The van der Waals surface area contributed by atoms with Crippen LogP contribution in [0.1, 0.15) is 12.8 Å². The Labute approximate surface area is 132 Å². The van der Waals surface area contributed by atoms with Crippen molar-refractivity contribution in [2.45, 2.75) is 12.8 Å². The summed E-state index contributed by atoms with van der Waals surface area (Å²) >= 11 is 0. The van der Waals surface area contributed by atoms with Crippen molar-refractivity contribution in [3.63, 3.8) is 0 Å². The predicted octanol–water partition coefficient (Wildman–Crippen LogP) is 1.88. The first kappa shape index (κ1) is 18.7. The topological polar surface area (TPSA) is 119 Å². The fourth-order valence-corrected chi connectivity index (χ4v) is 2.87. The Balaban J connectivity index is 2.02. The molecule has 124 valence electrons. The van der Waals surface area contributed by atoms with E-state index in [1.807, 2.05) is 0 Å². The van der Waals surface area contributed by atoms with Crippen LogP contribution in [0.2, 0.25) is 0 Å². The summed E-state index contributed by atoms with van der Waals surface area (Å²) < 4.78 is 34.8. The molecule has 0 radical (unpaired) electrons. The van der Waals surface area contributed by atoms with Gasteiger partial charge in [0.05, 0.1) is 11.5 Å². The summed E-state index contributed by atoms with van der Waals surface area (Å²) in [6.45, 7) is 1.71. The largest absolute Gasteiger partial charge is 0.494 e. The van der Waals surface area contributed by atoms with Gasteiger partial charge >= 0.3 is 9.15 Å². The molecule has 0 aromatic heterocycles. The van der Waals surface area contributed by atoms with Gasteiger partial charge in [-0.3, -0.25) is 14.7 Å². The van der Waals surface area contributed by atoms with Crippen LogP contribution in [0.25, 0.3) is 0 Å². The summed E-state index contributed by atoms with van der Waals surface area (Å²) in [6, 6.07) is 5.90. The van der Waals surface area contributed by atoms with Crippen LogP contribution in [0.3, 0.4) is 0 Å². The fraction of sp³-hybridized carbons (Fsp3) is 0.500. The van der Waals surface area contributed by atoms with E-state index < -0.39 is 14.1 Å². The molecule has 0 aliphatic rings. The molecule has 8 nitrogen and oxygen atoms in total. The van der Waals surface area contributed by atoms with Gasteiger partial charge in [0.25, 0.3) is 5.69 Å². The van der Waals surface area contributed by atoms with E-state index in [-0.39, 0.29) is 11.4 Å². The standard InChI is InChI=1S/C12H18N2O6S2/c15-14(16)11-3-5-12(6-4-11)20-9-2-1-7-13-8-10-21-22(17,18)19/h3-6,13H,1-2,7-10H2,(H,17,18,19). The number of ether oxygens (including phenoxy) is 1. The van der Waals surface area contributed by atoms with Crippen LogP contribution < -0.4 is 10.1 Å². The average molecular weight is 350 g/mol. The molecule has 0 spiro atoms. The summed E-state index contributed by atoms with van der Waals surface area (Å²) in [7, 11) is -3.46. The highest BCUT2D eigenvalue weighted by molar-refractivity contribution is 8.69. The quantitative estimate of drug-likeness (QED) is 0.204. The smallest absolute Gasteiger partial charge is 0.319 e. The zero-order valence-electron chi connectivity index (χ0n) is 11.8. The van der Waals surface area contributed by atoms with Gasteiger partial charge in [-0.25, -0.2) is 0 Å². The molecule has 0 heterocycles. The minimum atomic E-state index is -3.95. The van der Waals surface area contributed by atoms with Gasteiger partial charge < -0.3 is 10.1 Å². The van der Waals surface area contributed by atoms with Crippen molar-refractivity contribution in [3.8, 4) is 5.75 Å². The number of hydrogen-bond donors (Lipinski definition) is 2. The van der Waals surface area contributed by atoms with Gasteiger partial charge in [0.1, 0.15) is 5.75 Å². The molecule has 0 saturated heterocycles. The maximum absolute atomic E-state index is 10.5. The number of rotatable bonds is 11. The van der Waals surface area contributed by atoms with Crippen molar-refractivity contribution in [1.82, 2.24) is 5.32 Å².